The van der Waals surface area contributed by atoms with Gasteiger partial charge in [0.1, 0.15) is 6.07 Å². The third-order valence-electron chi connectivity index (χ3n) is 0.950. The van der Waals surface area contributed by atoms with Gasteiger partial charge < -0.3 is 5.32 Å². The molecule has 0 aliphatic carbocycles. The Bertz CT molecular complexity index is 133. The van der Waals surface area contributed by atoms with Crippen molar-refractivity contribution in [2.75, 3.05) is 6.54 Å². The van der Waals surface area contributed by atoms with E-state index in [4.69, 9.17) is 5.26 Å². The highest BCUT2D eigenvalue weighted by Gasteiger charge is 2.02. The van der Waals surface area contributed by atoms with E-state index in [-0.39, 0.29) is 6.17 Å². The van der Waals surface area contributed by atoms with Crippen molar-refractivity contribution in [2.45, 2.75) is 6.17 Å². The maximum atomic E-state index is 8.28. The highest BCUT2D eigenvalue weighted by molar-refractivity contribution is 4.99. The zero-order chi connectivity index (χ0) is 5.82. The quantitative estimate of drug-likeness (QED) is 0.442. The summed E-state index contributed by atoms with van der Waals surface area (Å²) in [6.45, 7) is 0.783. The molecule has 0 aromatic rings. The zero-order valence-electron chi connectivity index (χ0n) is 4.39. The molecule has 0 bridgehead atoms. The van der Waals surface area contributed by atoms with E-state index < -0.39 is 0 Å². The summed E-state index contributed by atoms with van der Waals surface area (Å²) in [5.74, 6) is 0. The predicted octanol–water partition coefficient (Wildman–Crippen LogP) is -0.457. The van der Waals surface area contributed by atoms with E-state index >= 15 is 0 Å². The van der Waals surface area contributed by atoms with Gasteiger partial charge in [-0.3, -0.25) is 5.32 Å². The van der Waals surface area contributed by atoms with Crippen LogP contribution in [0.4, 0.5) is 0 Å². The lowest BCUT2D eigenvalue weighted by Crippen LogP contribution is -2.41. The van der Waals surface area contributed by atoms with E-state index in [0.717, 1.165) is 6.54 Å². The summed E-state index contributed by atoms with van der Waals surface area (Å²) in [6.07, 6.45) is 3.51. The van der Waals surface area contributed by atoms with Gasteiger partial charge in [-0.05, 0) is 6.20 Å². The van der Waals surface area contributed by atoms with Crippen molar-refractivity contribution in [1.82, 2.24) is 10.6 Å². The first-order chi connectivity index (χ1) is 3.93. The third-order valence-corrected chi connectivity index (χ3v) is 0.950. The van der Waals surface area contributed by atoms with Gasteiger partial charge in [-0.2, -0.15) is 5.26 Å². The maximum absolute atomic E-state index is 8.28. The van der Waals surface area contributed by atoms with Crippen LogP contribution < -0.4 is 10.6 Å². The molecule has 0 radical (unpaired) electrons. The van der Waals surface area contributed by atoms with Gasteiger partial charge in [0, 0.05) is 6.54 Å². The Labute approximate surface area is 48.0 Å². The summed E-state index contributed by atoms with van der Waals surface area (Å²) in [4.78, 5) is 0. The molecule has 1 unspecified atom stereocenters. The molecule has 0 aromatic heterocycles. The highest BCUT2D eigenvalue weighted by atomic mass is 15.1. The monoisotopic (exact) mass is 109 g/mol. The minimum absolute atomic E-state index is 0.194. The fourth-order valence-corrected chi connectivity index (χ4v) is 0.551. The van der Waals surface area contributed by atoms with Crippen LogP contribution in [0, 0.1) is 11.3 Å². The van der Waals surface area contributed by atoms with Crippen LogP contribution in [0.2, 0.25) is 0 Å². The molecule has 0 fully saturated rings. The molecular weight excluding hydrogens is 102 g/mol. The molecule has 1 atom stereocenters. The second kappa shape index (κ2) is 2.34. The molecule has 1 aliphatic heterocycles. The fourth-order valence-electron chi connectivity index (χ4n) is 0.551. The molecule has 0 spiro atoms. The summed E-state index contributed by atoms with van der Waals surface area (Å²) < 4.78 is 0. The van der Waals surface area contributed by atoms with Crippen molar-refractivity contribution < 1.29 is 0 Å². The first-order valence-electron chi connectivity index (χ1n) is 2.47. The van der Waals surface area contributed by atoms with Crippen LogP contribution in [0.5, 0.6) is 0 Å². The predicted molar refractivity (Wildman–Crippen MR) is 29.7 cm³/mol. The Morgan fingerprint density at radius 1 is 1.75 bits per heavy atom. The second-order valence-electron chi connectivity index (χ2n) is 1.54. The van der Waals surface area contributed by atoms with Gasteiger partial charge >= 0.3 is 0 Å². The summed E-state index contributed by atoms with van der Waals surface area (Å²) in [5.41, 5.74) is 0. The Kier molecular flexibility index (Phi) is 1.50. The molecule has 0 aromatic carbocycles. The lowest BCUT2D eigenvalue weighted by Gasteiger charge is -2.13. The van der Waals surface area contributed by atoms with E-state index in [2.05, 4.69) is 10.6 Å². The Morgan fingerprint density at radius 3 is 3.00 bits per heavy atom. The summed E-state index contributed by atoms with van der Waals surface area (Å²) in [6, 6.07) is 2.03. The first kappa shape index (κ1) is 5.13. The molecule has 2 N–H and O–H groups in total. The summed E-state index contributed by atoms with van der Waals surface area (Å²) >= 11 is 0. The normalized spacial score (nSPS) is 26.1. The molecule has 1 heterocycles. The number of hydrogen-bond acceptors (Lipinski definition) is 3. The minimum atomic E-state index is -0.194. The van der Waals surface area contributed by atoms with Crippen molar-refractivity contribution in [3.05, 3.63) is 12.3 Å². The zero-order valence-corrected chi connectivity index (χ0v) is 4.39. The molecule has 8 heavy (non-hydrogen) atoms. The summed E-state index contributed by atoms with van der Waals surface area (Å²) in [7, 11) is 0. The van der Waals surface area contributed by atoms with Crippen LogP contribution in [-0.4, -0.2) is 12.7 Å². The Morgan fingerprint density at radius 2 is 2.62 bits per heavy atom. The van der Waals surface area contributed by atoms with Gasteiger partial charge in [0.2, 0.25) is 0 Å². The van der Waals surface area contributed by atoms with Crippen LogP contribution >= 0.6 is 0 Å². The molecule has 3 nitrogen and oxygen atoms in total. The van der Waals surface area contributed by atoms with Gasteiger partial charge in [0.05, 0.1) is 0 Å². The van der Waals surface area contributed by atoms with E-state index in [9.17, 15) is 0 Å². The largest absolute Gasteiger partial charge is 0.364 e. The fraction of sp³-hybridized carbons (Fsp3) is 0.400. The Balaban J connectivity index is 2.41. The van der Waals surface area contributed by atoms with Crippen molar-refractivity contribution in [3.63, 3.8) is 0 Å². The molecule has 3 heteroatoms. The van der Waals surface area contributed by atoms with Crippen molar-refractivity contribution in [1.29, 1.82) is 5.26 Å². The van der Waals surface area contributed by atoms with Gasteiger partial charge in [0.15, 0.2) is 6.17 Å². The molecule has 0 saturated carbocycles. The van der Waals surface area contributed by atoms with Gasteiger partial charge in [-0.15, -0.1) is 0 Å². The van der Waals surface area contributed by atoms with Crippen molar-refractivity contribution in [3.8, 4) is 6.07 Å². The van der Waals surface area contributed by atoms with Crippen LogP contribution in [0.1, 0.15) is 0 Å². The first-order valence-corrected chi connectivity index (χ1v) is 2.47. The minimum Gasteiger partial charge on any atom is -0.364 e. The number of rotatable bonds is 0. The lowest BCUT2D eigenvalue weighted by atomic mass is 10.4. The average Bonchev–Trinajstić information content (AvgIpc) is 1.90. The van der Waals surface area contributed by atoms with Gasteiger partial charge in [0.25, 0.3) is 0 Å². The van der Waals surface area contributed by atoms with Gasteiger partial charge in [-0.25, -0.2) is 0 Å². The number of nitrogens with zero attached hydrogens (tertiary/aromatic N) is 1. The van der Waals surface area contributed by atoms with Crippen LogP contribution in [-0.2, 0) is 0 Å². The molecule has 1 aliphatic rings. The topological polar surface area (TPSA) is 47.9 Å². The van der Waals surface area contributed by atoms with Gasteiger partial charge in [-0.1, -0.05) is 6.08 Å². The van der Waals surface area contributed by atoms with Crippen LogP contribution in [0.25, 0.3) is 0 Å². The molecule has 1 rings (SSSR count). The Hall–Kier alpha value is -1.01. The second-order valence-corrected chi connectivity index (χ2v) is 1.54. The maximum Gasteiger partial charge on any atom is 0.167 e. The standard InChI is InChI=1S/C5H7N3/c6-4-5-7-2-1-3-8-5/h1-2,5,7-8H,3H2. The SMILES string of the molecule is N#CC1NC=CCN1. The molecule has 0 saturated heterocycles. The van der Waals surface area contributed by atoms with Crippen molar-refractivity contribution >= 4 is 0 Å². The van der Waals surface area contributed by atoms with Crippen molar-refractivity contribution in [2.24, 2.45) is 0 Å². The highest BCUT2D eigenvalue weighted by Crippen LogP contribution is 1.80. The van der Waals surface area contributed by atoms with Crippen LogP contribution in [0.3, 0.4) is 0 Å². The number of nitriles is 1. The number of hydrogen-bond donors (Lipinski definition) is 2. The van der Waals surface area contributed by atoms with E-state index in [1.54, 1.807) is 6.20 Å². The summed E-state index contributed by atoms with van der Waals surface area (Å²) in [5, 5.41) is 14.0. The van der Waals surface area contributed by atoms with Crippen LogP contribution in [0.15, 0.2) is 12.3 Å². The average molecular weight is 109 g/mol. The smallest absolute Gasteiger partial charge is 0.167 e. The van der Waals surface area contributed by atoms with E-state index in [1.165, 1.54) is 0 Å². The molecule has 0 amide bonds. The van der Waals surface area contributed by atoms with E-state index in [0.29, 0.717) is 0 Å². The lowest BCUT2D eigenvalue weighted by molar-refractivity contribution is 0.571. The third kappa shape index (κ3) is 0.983. The molecular formula is C5H7N3. The van der Waals surface area contributed by atoms with E-state index in [1.807, 2.05) is 12.1 Å². The molecule has 42 valence electrons. The number of nitrogens with one attached hydrogen (secondary N) is 2.